The number of nitrogens with two attached hydrogens (primary N) is 1. The molecule has 2 aliphatic carbocycles. The first kappa shape index (κ1) is 48.7. The molecule has 10 nitrogen and oxygen atoms in total. The van der Waals surface area contributed by atoms with Crippen LogP contribution in [0.1, 0.15) is 96.0 Å². The summed E-state index contributed by atoms with van der Waals surface area (Å²) in [6, 6.07) is 7.16. The van der Waals surface area contributed by atoms with Crippen molar-refractivity contribution in [2.45, 2.75) is 98.4 Å². The van der Waals surface area contributed by atoms with Crippen LogP contribution in [0.4, 0.5) is 35.3 Å². The Kier molecular flexibility index (Phi) is 18.1. The number of imidazole rings is 1. The van der Waals surface area contributed by atoms with Gasteiger partial charge in [0.1, 0.15) is 5.60 Å². The Morgan fingerprint density at radius 3 is 2.17 bits per heavy atom. The lowest BCUT2D eigenvalue weighted by Crippen LogP contribution is -2.32. The third-order valence-corrected chi connectivity index (χ3v) is 10.9. The number of nitrogens with zero attached hydrogens (tertiary/aromatic N) is 3. The number of hydrogen-bond donors (Lipinski definition) is 4. The van der Waals surface area contributed by atoms with Crippen molar-refractivity contribution in [2.24, 2.45) is 30.5 Å². The summed E-state index contributed by atoms with van der Waals surface area (Å²) < 4.78 is 43.0. The van der Waals surface area contributed by atoms with Gasteiger partial charge in [0.15, 0.2) is 0 Å². The van der Waals surface area contributed by atoms with Crippen LogP contribution in [-0.2, 0) is 18.3 Å². The number of piperidine rings is 1. The molecule has 0 spiro atoms. The van der Waals surface area contributed by atoms with Crippen LogP contribution in [0.25, 0.3) is 11.0 Å². The van der Waals surface area contributed by atoms with Crippen LogP contribution in [0.15, 0.2) is 47.5 Å². The van der Waals surface area contributed by atoms with Crippen molar-refractivity contribution in [3.63, 3.8) is 0 Å². The Balaban J connectivity index is 0.000000351. The zero-order valence-electron chi connectivity index (χ0n) is 34.8. The van der Waals surface area contributed by atoms with Crippen LogP contribution in [0.5, 0.6) is 0 Å². The van der Waals surface area contributed by atoms with Crippen LogP contribution in [0.3, 0.4) is 0 Å². The maximum atomic E-state index is 12.3. The molecule has 2 saturated carbocycles. The lowest BCUT2D eigenvalue weighted by atomic mass is 9.89. The van der Waals surface area contributed by atoms with Gasteiger partial charge in [-0.15, -0.1) is 0 Å². The van der Waals surface area contributed by atoms with E-state index in [0.29, 0.717) is 68.0 Å². The highest BCUT2D eigenvalue weighted by Gasteiger charge is 2.45. The van der Waals surface area contributed by atoms with E-state index in [1.165, 1.54) is 6.42 Å². The topological polar surface area (TPSA) is 127 Å². The van der Waals surface area contributed by atoms with E-state index in [1.807, 2.05) is 51.6 Å². The van der Waals surface area contributed by atoms with Gasteiger partial charge in [-0.05, 0) is 95.2 Å². The molecule has 0 bridgehead atoms. The van der Waals surface area contributed by atoms with Crippen LogP contribution in [-0.4, -0.2) is 60.0 Å². The maximum Gasteiger partial charge on any atom is 0.407 e. The summed E-state index contributed by atoms with van der Waals surface area (Å²) in [4.78, 5) is 31.3. The SMILES string of the molecule is C=C(Cl)/C(=C\C)CNC.CC.Cn1c(Nc2c(Cl)ccc(CNC(=O)OC(C)(C)C)c2Cl)nc2cc(C(N)=O)c(N3CC4CC4C3)cc21.FC(F)(F)C1CCCCC1. The molecule has 3 aromatic rings. The molecule has 1 saturated heterocycles. The summed E-state index contributed by atoms with van der Waals surface area (Å²) in [6.45, 7) is 17.8. The molecule has 5 N–H and O–H groups in total. The number of primary amides is 1. The number of amides is 2. The maximum absolute atomic E-state index is 12.3. The lowest BCUT2D eigenvalue weighted by Gasteiger charge is -2.23. The number of carbonyl (C=O) groups excluding carboxylic acids is 2. The summed E-state index contributed by atoms with van der Waals surface area (Å²) >= 11 is 18.8. The van der Waals surface area contributed by atoms with Crippen molar-refractivity contribution in [3.8, 4) is 0 Å². The van der Waals surface area contributed by atoms with Crippen LogP contribution in [0, 0.1) is 17.8 Å². The van der Waals surface area contributed by atoms with E-state index in [9.17, 15) is 22.8 Å². The number of alkyl carbamates (subject to hydrolysis) is 1. The zero-order chi connectivity index (χ0) is 43.5. The molecule has 1 aromatic heterocycles. The van der Waals surface area contributed by atoms with Gasteiger partial charge in [0.2, 0.25) is 5.95 Å². The molecule has 2 unspecified atom stereocenters. The Hall–Kier alpha value is -3.65. The summed E-state index contributed by atoms with van der Waals surface area (Å²) in [7, 11) is 3.76. The average molecular weight is 873 g/mol. The van der Waals surface area contributed by atoms with Crippen molar-refractivity contribution in [3.05, 3.63) is 68.7 Å². The van der Waals surface area contributed by atoms with Gasteiger partial charge in [-0.1, -0.05) is 86.6 Å². The van der Waals surface area contributed by atoms with E-state index < -0.39 is 29.7 Å². The number of ether oxygens (including phenoxy) is 1. The van der Waals surface area contributed by atoms with Gasteiger partial charge in [-0.2, -0.15) is 13.2 Å². The number of benzene rings is 2. The number of fused-ring (bicyclic) bond motifs is 2. The Morgan fingerprint density at radius 1 is 1.07 bits per heavy atom. The Morgan fingerprint density at radius 2 is 1.69 bits per heavy atom. The lowest BCUT2D eigenvalue weighted by molar-refractivity contribution is -0.181. The summed E-state index contributed by atoms with van der Waals surface area (Å²) in [5, 5.41) is 10.3. The standard InChI is InChI=1S/C26H30Cl2N6O3.C7H12ClN.C7H11F3.C2H6/c1-26(2,3)37-25(36)30-10-13-5-6-17(27)22(21(13)28)32-24-31-18-8-16(23(29)35)19(9-20(18)33(24)4)34-11-14-7-15(14)12-34;1-4-7(5-9-3)6(2)8;8-7(9,10)6-4-2-1-3-5-6;1-2/h5-6,8-9,14-15H,7,10-12H2,1-4H3,(H2,29,35)(H,30,36)(H,31,32);4,9H,2,5H2,1,3H3;6H,1-5H2;1-2H3/b;7-4-;;. The molecule has 6 rings (SSSR count). The van der Waals surface area contributed by atoms with Crippen LogP contribution < -0.4 is 26.6 Å². The third kappa shape index (κ3) is 13.7. The molecule has 2 amide bonds. The number of anilines is 3. The number of allylic oxidation sites excluding steroid dienone is 1. The minimum absolute atomic E-state index is 0.158. The molecule has 2 atom stereocenters. The number of likely N-dealkylation sites (N-methyl/N-ethyl adjacent to an activating group) is 1. The van der Waals surface area contributed by atoms with Crippen molar-refractivity contribution >= 4 is 75.2 Å². The van der Waals surface area contributed by atoms with Crippen molar-refractivity contribution in [1.82, 2.24) is 20.2 Å². The molecule has 0 radical (unpaired) electrons. The van der Waals surface area contributed by atoms with Gasteiger partial charge in [0.05, 0.1) is 43.9 Å². The summed E-state index contributed by atoms with van der Waals surface area (Å²) in [6.07, 6.45) is 1.93. The van der Waals surface area contributed by atoms with Crippen LogP contribution in [0.2, 0.25) is 10.0 Å². The molecule has 322 valence electrons. The van der Waals surface area contributed by atoms with Gasteiger partial charge in [0, 0.05) is 38.3 Å². The first-order valence-electron chi connectivity index (χ1n) is 19.7. The molecule has 2 heterocycles. The predicted octanol–water partition coefficient (Wildman–Crippen LogP) is 11.3. The molecular formula is C42H59Cl3F3N7O3. The highest BCUT2D eigenvalue weighted by molar-refractivity contribution is 6.39. The van der Waals surface area contributed by atoms with E-state index >= 15 is 0 Å². The van der Waals surface area contributed by atoms with Crippen molar-refractivity contribution < 1.29 is 27.5 Å². The van der Waals surface area contributed by atoms with E-state index in [-0.39, 0.29) is 6.54 Å². The van der Waals surface area contributed by atoms with Gasteiger partial charge in [-0.3, -0.25) is 4.79 Å². The normalized spacial score (nSPS) is 17.8. The predicted molar refractivity (Wildman–Crippen MR) is 233 cm³/mol. The largest absolute Gasteiger partial charge is 0.444 e. The number of alkyl halides is 3. The molecule has 2 aromatic carbocycles. The number of hydrogen-bond acceptors (Lipinski definition) is 7. The molecule has 1 aliphatic heterocycles. The van der Waals surface area contributed by atoms with Gasteiger partial charge in [-0.25, -0.2) is 9.78 Å². The van der Waals surface area contributed by atoms with Crippen LogP contribution >= 0.6 is 34.8 Å². The number of nitrogens with one attached hydrogen (secondary N) is 3. The van der Waals surface area contributed by atoms with Crippen molar-refractivity contribution in [1.29, 1.82) is 0 Å². The van der Waals surface area contributed by atoms with Gasteiger partial charge >= 0.3 is 12.3 Å². The van der Waals surface area contributed by atoms with Gasteiger partial charge in [0.25, 0.3) is 5.91 Å². The molecule has 16 heteroatoms. The molecule has 3 aliphatic rings. The average Bonchev–Trinajstić information content (AvgIpc) is 3.65. The first-order chi connectivity index (χ1) is 27.2. The molecule has 3 fully saturated rings. The monoisotopic (exact) mass is 871 g/mol. The highest BCUT2D eigenvalue weighted by atomic mass is 35.5. The minimum Gasteiger partial charge on any atom is -0.444 e. The quantitative estimate of drug-likeness (QED) is 0.158. The fraction of sp³-hybridized carbons (Fsp3) is 0.548. The summed E-state index contributed by atoms with van der Waals surface area (Å²) in [5.74, 6) is 0.436. The second-order valence-electron chi connectivity index (χ2n) is 15.4. The second-order valence-corrected chi connectivity index (χ2v) is 16.6. The molecule has 58 heavy (non-hydrogen) atoms. The fourth-order valence-electron chi connectivity index (χ4n) is 6.81. The number of aryl methyl sites for hydroxylation is 1. The second kappa shape index (κ2) is 21.6. The molecular weight excluding hydrogens is 814 g/mol. The summed E-state index contributed by atoms with van der Waals surface area (Å²) in [5.41, 5.74) is 10.1. The Labute approximate surface area is 356 Å². The number of halogens is 6. The van der Waals surface area contributed by atoms with Gasteiger partial charge < -0.3 is 35.9 Å². The van der Waals surface area contributed by atoms with Crippen molar-refractivity contribution in [2.75, 3.05) is 36.9 Å². The smallest absolute Gasteiger partial charge is 0.407 e. The fourth-order valence-corrected chi connectivity index (χ4v) is 7.52. The third-order valence-electron chi connectivity index (χ3n) is 9.95. The van der Waals surface area contributed by atoms with E-state index in [1.54, 1.807) is 39.0 Å². The van der Waals surface area contributed by atoms with E-state index in [0.717, 1.165) is 55.7 Å². The Bertz CT molecular complexity index is 1910. The van der Waals surface area contributed by atoms with E-state index in [4.69, 9.17) is 45.3 Å². The number of aromatic nitrogens is 2. The zero-order valence-corrected chi connectivity index (χ0v) is 37.1. The number of carbonyl (C=O) groups is 2. The first-order valence-corrected chi connectivity index (χ1v) is 20.8. The van der Waals surface area contributed by atoms with E-state index in [2.05, 4.69) is 32.4 Å². The number of rotatable bonds is 9. The highest BCUT2D eigenvalue weighted by Crippen LogP contribution is 2.47. The minimum atomic E-state index is -3.93.